The summed E-state index contributed by atoms with van der Waals surface area (Å²) in [6.07, 6.45) is 2.86. The predicted octanol–water partition coefficient (Wildman–Crippen LogP) is 3.88. The van der Waals surface area contributed by atoms with Crippen LogP contribution in [0.5, 0.6) is 5.75 Å². The van der Waals surface area contributed by atoms with Crippen molar-refractivity contribution in [2.24, 2.45) is 0 Å². The van der Waals surface area contributed by atoms with E-state index >= 15 is 0 Å². The highest BCUT2D eigenvalue weighted by atomic mass is 32.2. The summed E-state index contributed by atoms with van der Waals surface area (Å²) >= 11 is 0. The van der Waals surface area contributed by atoms with Crippen LogP contribution < -0.4 is 14.4 Å². The smallest absolute Gasteiger partial charge is 0.242 e. The number of nitrogens with one attached hydrogen (secondary N) is 1. The van der Waals surface area contributed by atoms with Gasteiger partial charge in [-0.05, 0) is 55.5 Å². The van der Waals surface area contributed by atoms with Gasteiger partial charge in [-0.25, -0.2) is 8.42 Å². The van der Waals surface area contributed by atoms with Gasteiger partial charge in [0.25, 0.3) is 0 Å². The number of rotatable bonds is 14. The Morgan fingerprint density at radius 2 is 1.81 bits per heavy atom. The molecule has 0 radical (unpaired) electrons. The standard InChI is InChI=1S/C27H39N3O5S/c1-6-17-28-27(32)24(7-2)29(20-22-13-10-14-23(19-22)35-4)26(31)16-11-18-30(36(5,33)34)25-15-9-8-12-21(25)3/h8-10,12-15,19,24H,6-7,11,16-18,20H2,1-5H3,(H,28,32). The van der Waals surface area contributed by atoms with Crippen molar-refractivity contribution in [3.8, 4) is 5.75 Å². The van der Waals surface area contributed by atoms with E-state index in [1.54, 1.807) is 24.1 Å². The van der Waals surface area contributed by atoms with Crippen molar-refractivity contribution in [3.63, 3.8) is 0 Å². The fourth-order valence-electron chi connectivity index (χ4n) is 4.08. The minimum atomic E-state index is -3.53. The van der Waals surface area contributed by atoms with Crippen LogP contribution in [0.1, 0.15) is 50.7 Å². The summed E-state index contributed by atoms with van der Waals surface area (Å²) in [4.78, 5) is 28.0. The number of aryl methyl sites for hydroxylation is 1. The number of hydrogen-bond acceptors (Lipinski definition) is 5. The quantitative estimate of drug-likeness (QED) is 0.410. The lowest BCUT2D eigenvalue weighted by molar-refractivity contribution is -0.141. The molecule has 36 heavy (non-hydrogen) atoms. The molecule has 1 unspecified atom stereocenters. The zero-order valence-corrected chi connectivity index (χ0v) is 22.8. The molecule has 2 amide bonds. The number of methoxy groups -OCH3 is 1. The first kappa shape index (κ1) is 29.2. The van der Waals surface area contributed by atoms with Gasteiger partial charge in [0.1, 0.15) is 11.8 Å². The van der Waals surface area contributed by atoms with Gasteiger partial charge in [0.15, 0.2) is 0 Å². The molecule has 1 N–H and O–H groups in total. The van der Waals surface area contributed by atoms with E-state index in [1.807, 2.05) is 57.2 Å². The predicted molar refractivity (Wildman–Crippen MR) is 144 cm³/mol. The average Bonchev–Trinajstić information content (AvgIpc) is 2.85. The molecule has 2 aromatic carbocycles. The molecule has 198 valence electrons. The first-order chi connectivity index (χ1) is 17.1. The maximum absolute atomic E-state index is 13.5. The molecule has 0 aliphatic rings. The number of nitrogens with zero attached hydrogens (tertiary/aromatic N) is 2. The molecule has 2 aromatic rings. The lowest BCUT2D eigenvalue weighted by atomic mass is 10.1. The Morgan fingerprint density at radius 1 is 1.08 bits per heavy atom. The number of anilines is 1. The highest BCUT2D eigenvalue weighted by Gasteiger charge is 2.29. The summed E-state index contributed by atoms with van der Waals surface area (Å²) in [5, 5.41) is 2.90. The molecule has 0 bridgehead atoms. The van der Waals surface area contributed by atoms with Crippen molar-refractivity contribution in [3.05, 3.63) is 59.7 Å². The minimum Gasteiger partial charge on any atom is -0.497 e. The van der Waals surface area contributed by atoms with Gasteiger partial charge in [-0.2, -0.15) is 0 Å². The average molecular weight is 518 g/mol. The number of carbonyl (C=O) groups is 2. The monoisotopic (exact) mass is 517 g/mol. The SMILES string of the molecule is CCCNC(=O)C(CC)N(Cc1cccc(OC)c1)C(=O)CCCN(c1ccccc1C)S(C)(=O)=O. The van der Waals surface area contributed by atoms with Crippen LogP contribution in [0.2, 0.25) is 0 Å². The molecule has 0 aliphatic heterocycles. The second-order valence-corrected chi connectivity index (χ2v) is 10.7. The maximum atomic E-state index is 13.5. The first-order valence-electron chi connectivity index (χ1n) is 12.4. The van der Waals surface area contributed by atoms with E-state index in [2.05, 4.69) is 5.32 Å². The van der Waals surface area contributed by atoms with Gasteiger partial charge in [-0.15, -0.1) is 0 Å². The van der Waals surface area contributed by atoms with Crippen molar-refractivity contribution in [1.29, 1.82) is 0 Å². The fraction of sp³-hybridized carbons (Fsp3) is 0.481. The van der Waals surface area contributed by atoms with Crippen LogP contribution in [-0.2, 0) is 26.2 Å². The third-order valence-electron chi connectivity index (χ3n) is 5.96. The van der Waals surface area contributed by atoms with E-state index in [0.717, 1.165) is 17.5 Å². The Balaban J connectivity index is 2.23. The van der Waals surface area contributed by atoms with Gasteiger partial charge < -0.3 is 15.0 Å². The topological polar surface area (TPSA) is 96.0 Å². The van der Waals surface area contributed by atoms with Crippen LogP contribution in [0.15, 0.2) is 48.5 Å². The Morgan fingerprint density at radius 3 is 2.42 bits per heavy atom. The maximum Gasteiger partial charge on any atom is 0.242 e. The van der Waals surface area contributed by atoms with Gasteiger partial charge in [-0.1, -0.05) is 44.2 Å². The van der Waals surface area contributed by atoms with Crippen LogP contribution in [-0.4, -0.2) is 57.6 Å². The molecule has 9 heteroatoms. The Hall–Kier alpha value is -3.07. The van der Waals surface area contributed by atoms with Crippen LogP contribution in [0.25, 0.3) is 0 Å². The van der Waals surface area contributed by atoms with Crippen molar-refractivity contribution < 1.29 is 22.7 Å². The number of ether oxygens (including phenoxy) is 1. The molecule has 0 saturated heterocycles. The Bertz CT molecular complexity index is 1120. The molecular formula is C27H39N3O5S. The van der Waals surface area contributed by atoms with E-state index < -0.39 is 16.1 Å². The summed E-state index contributed by atoms with van der Waals surface area (Å²) < 4.78 is 31.7. The molecule has 0 aliphatic carbocycles. The number of sulfonamides is 1. The Labute approximate surface area is 215 Å². The van der Waals surface area contributed by atoms with E-state index in [9.17, 15) is 18.0 Å². The minimum absolute atomic E-state index is 0.111. The van der Waals surface area contributed by atoms with Gasteiger partial charge in [0.05, 0.1) is 19.1 Å². The fourth-order valence-corrected chi connectivity index (χ4v) is 5.10. The van der Waals surface area contributed by atoms with E-state index in [0.29, 0.717) is 30.8 Å². The molecule has 0 spiro atoms. The van der Waals surface area contributed by atoms with Crippen LogP contribution >= 0.6 is 0 Å². The number of hydrogen-bond donors (Lipinski definition) is 1. The second kappa shape index (κ2) is 13.9. The molecule has 0 saturated carbocycles. The molecule has 8 nitrogen and oxygen atoms in total. The van der Waals surface area contributed by atoms with Gasteiger partial charge in [-0.3, -0.25) is 13.9 Å². The van der Waals surface area contributed by atoms with Gasteiger partial charge in [0.2, 0.25) is 21.8 Å². The second-order valence-electron chi connectivity index (χ2n) is 8.81. The summed E-state index contributed by atoms with van der Waals surface area (Å²) in [5.74, 6) is 0.285. The summed E-state index contributed by atoms with van der Waals surface area (Å²) in [7, 11) is -1.95. The highest BCUT2D eigenvalue weighted by Crippen LogP contribution is 2.23. The van der Waals surface area contributed by atoms with E-state index in [-0.39, 0.29) is 31.3 Å². The number of para-hydroxylation sites is 1. The molecule has 0 heterocycles. The van der Waals surface area contributed by atoms with Crippen molar-refractivity contribution in [2.45, 2.75) is 59.0 Å². The van der Waals surface area contributed by atoms with Crippen molar-refractivity contribution in [2.75, 3.05) is 30.8 Å². The number of carbonyl (C=O) groups excluding carboxylic acids is 2. The summed E-state index contributed by atoms with van der Waals surface area (Å²) in [5.41, 5.74) is 2.29. The highest BCUT2D eigenvalue weighted by molar-refractivity contribution is 7.92. The molecule has 1 atom stereocenters. The molecular weight excluding hydrogens is 478 g/mol. The molecule has 0 aromatic heterocycles. The first-order valence-corrected chi connectivity index (χ1v) is 14.2. The zero-order valence-electron chi connectivity index (χ0n) is 22.0. The third-order valence-corrected chi connectivity index (χ3v) is 7.14. The Kier molecular flexibility index (Phi) is 11.2. The van der Waals surface area contributed by atoms with Gasteiger partial charge in [0, 0.05) is 26.1 Å². The van der Waals surface area contributed by atoms with Crippen LogP contribution in [0.4, 0.5) is 5.69 Å². The van der Waals surface area contributed by atoms with Crippen LogP contribution in [0, 0.1) is 6.92 Å². The third kappa shape index (κ3) is 8.26. The van der Waals surface area contributed by atoms with E-state index in [4.69, 9.17) is 4.74 Å². The van der Waals surface area contributed by atoms with Gasteiger partial charge >= 0.3 is 0 Å². The molecule has 2 rings (SSSR count). The van der Waals surface area contributed by atoms with Crippen molar-refractivity contribution >= 4 is 27.5 Å². The lowest BCUT2D eigenvalue weighted by Crippen LogP contribution is -2.49. The number of amides is 2. The molecule has 0 fully saturated rings. The van der Waals surface area contributed by atoms with E-state index in [1.165, 1.54) is 10.6 Å². The number of benzene rings is 2. The van der Waals surface area contributed by atoms with Crippen molar-refractivity contribution in [1.82, 2.24) is 10.2 Å². The summed E-state index contributed by atoms with van der Waals surface area (Å²) in [6, 6.07) is 14.1. The largest absolute Gasteiger partial charge is 0.497 e. The lowest BCUT2D eigenvalue weighted by Gasteiger charge is -2.31. The normalized spacial score (nSPS) is 12.0. The zero-order chi connectivity index (χ0) is 26.7. The van der Waals surface area contributed by atoms with Crippen LogP contribution in [0.3, 0.4) is 0 Å². The summed E-state index contributed by atoms with van der Waals surface area (Å²) in [6.45, 7) is 6.67.